The number of nitrogens with one attached hydrogen (secondary N) is 1. The van der Waals surface area contributed by atoms with Crippen molar-refractivity contribution >= 4 is 44.4 Å². The van der Waals surface area contributed by atoms with Crippen molar-refractivity contribution in [3.05, 3.63) is 62.2 Å². The summed E-state index contributed by atoms with van der Waals surface area (Å²) in [5, 5.41) is 14.3. The summed E-state index contributed by atoms with van der Waals surface area (Å²) in [6.07, 6.45) is 6.42. The molecular weight excluding hydrogens is 474 g/mol. The molecule has 10 heteroatoms. The van der Waals surface area contributed by atoms with Gasteiger partial charge in [0.25, 0.3) is 5.69 Å². The van der Waals surface area contributed by atoms with E-state index in [0.29, 0.717) is 23.7 Å². The SMILES string of the molecule is O=C(Nc1ccc(Br)cn1)C(CC1CCCC1)c1ccc(CS(=O)[O-])c([N+](=O)[O-])c1. The Bertz CT molecular complexity index is 948. The van der Waals surface area contributed by atoms with Gasteiger partial charge in [-0.2, -0.15) is 0 Å². The first-order chi connectivity index (χ1) is 14.3. The number of benzene rings is 1. The molecular formula is C20H21BrN3O5S-. The monoisotopic (exact) mass is 494 g/mol. The Morgan fingerprint density at radius 2 is 2.03 bits per heavy atom. The molecule has 1 saturated carbocycles. The second-order valence-electron chi connectivity index (χ2n) is 7.38. The molecule has 0 radical (unpaired) electrons. The summed E-state index contributed by atoms with van der Waals surface area (Å²) in [6.45, 7) is 0. The van der Waals surface area contributed by atoms with Crippen LogP contribution in [-0.2, 0) is 21.6 Å². The molecule has 1 aromatic heterocycles. The molecule has 0 aliphatic heterocycles. The molecule has 160 valence electrons. The fourth-order valence-corrected chi connectivity index (χ4v) is 4.59. The number of hydrogen-bond donors (Lipinski definition) is 1. The van der Waals surface area contributed by atoms with Crippen molar-refractivity contribution in [2.24, 2.45) is 5.92 Å². The summed E-state index contributed by atoms with van der Waals surface area (Å²) < 4.78 is 22.8. The van der Waals surface area contributed by atoms with Crippen LogP contribution in [0.2, 0.25) is 0 Å². The number of carbonyl (C=O) groups excluding carboxylic acids is 1. The lowest BCUT2D eigenvalue weighted by Gasteiger charge is -2.21. The average molecular weight is 495 g/mol. The summed E-state index contributed by atoms with van der Waals surface area (Å²) in [6, 6.07) is 7.80. The first kappa shape index (κ1) is 22.5. The molecule has 1 fully saturated rings. The largest absolute Gasteiger partial charge is 0.772 e. The van der Waals surface area contributed by atoms with Crippen LogP contribution in [0.25, 0.3) is 0 Å². The Morgan fingerprint density at radius 1 is 1.30 bits per heavy atom. The zero-order valence-electron chi connectivity index (χ0n) is 16.1. The van der Waals surface area contributed by atoms with Gasteiger partial charge in [0.1, 0.15) is 5.82 Å². The third-order valence-electron chi connectivity index (χ3n) is 5.32. The van der Waals surface area contributed by atoms with E-state index in [2.05, 4.69) is 26.2 Å². The number of aromatic nitrogens is 1. The molecule has 1 heterocycles. The number of nitro groups is 1. The lowest BCUT2D eigenvalue weighted by atomic mass is 9.86. The highest BCUT2D eigenvalue weighted by atomic mass is 79.9. The normalized spacial score (nSPS) is 16.2. The molecule has 0 spiro atoms. The van der Waals surface area contributed by atoms with E-state index in [4.69, 9.17) is 0 Å². The number of anilines is 1. The number of halogens is 1. The summed E-state index contributed by atoms with van der Waals surface area (Å²) in [4.78, 5) is 28.2. The van der Waals surface area contributed by atoms with Crippen molar-refractivity contribution in [2.45, 2.75) is 43.8 Å². The first-order valence-electron chi connectivity index (χ1n) is 9.59. The van der Waals surface area contributed by atoms with Gasteiger partial charge in [0.05, 0.1) is 10.8 Å². The van der Waals surface area contributed by atoms with Gasteiger partial charge >= 0.3 is 0 Å². The summed E-state index contributed by atoms with van der Waals surface area (Å²) in [5.41, 5.74) is 0.318. The number of nitro benzene ring substituents is 1. The summed E-state index contributed by atoms with van der Waals surface area (Å²) in [7, 11) is 0. The third kappa shape index (κ3) is 5.93. The zero-order chi connectivity index (χ0) is 21.7. The van der Waals surface area contributed by atoms with Crippen molar-refractivity contribution in [2.75, 3.05) is 5.32 Å². The number of amides is 1. The summed E-state index contributed by atoms with van der Waals surface area (Å²) >= 11 is 0.850. The predicted molar refractivity (Wildman–Crippen MR) is 116 cm³/mol. The Morgan fingerprint density at radius 3 is 2.63 bits per heavy atom. The molecule has 2 atom stereocenters. The Hall–Kier alpha value is -2.17. The van der Waals surface area contributed by atoms with E-state index in [9.17, 15) is 23.7 Å². The van der Waals surface area contributed by atoms with E-state index in [0.717, 1.165) is 30.2 Å². The van der Waals surface area contributed by atoms with Crippen LogP contribution in [0.4, 0.5) is 11.5 Å². The molecule has 30 heavy (non-hydrogen) atoms. The molecule has 1 aliphatic carbocycles. The van der Waals surface area contributed by atoms with Gasteiger partial charge in [-0.3, -0.25) is 19.1 Å². The minimum atomic E-state index is -2.45. The van der Waals surface area contributed by atoms with Gasteiger partial charge in [-0.15, -0.1) is 0 Å². The summed E-state index contributed by atoms with van der Waals surface area (Å²) in [5.74, 6) is -0.562. The van der Waals surface area contributed by atoms with Crippen LogP contribution in [0.1, 0.15) is 49.1 Å². The Kier molecular flexibility index (Phi) is 7.68. The van der Waals surface area contributed by atoms with E-state index in [1.54, 1.807) is 24.4 Å². The standard InChI is InChI=1S/C20H22BrN3O5S/c21-16-7-8-19(22-11-16)23-20(25)17(9-13-3-1-2-4-13)14-5-6-15(12-30(28)29)18(10-14)24(26)27/h5-8,10-11,13,17H,1-4,9,12H2,(H,28,29)(H,22,23,25)/p-1. The van der Waals surface area contributed by atoms with Crippen LogP contribution in [0.15, 0.2) is 41.0 Å². The molecule has 1 N–H and O–H groups in total. The molecule has 8 nitrogen and oxygen atoms in total. The van der Waals surface area contributed by atoms with E-state index in [1.807, 2.05) is 0 Å². The molecule has 1 aliphatic rings. The zero-order valence-corrected chi connectivity index (χ0v) is 18.5. The third-order valence-corrected chi connectivity index (χ3v) is 6.34. The maximum atomic E-state index is 13.1. The average Bonchev–Trinajstić information content (AvgIpc) is 3.21. The molecule has 0 saturated heterocycles. The predicted octanol–water partition coefficient (Wildman–Crippen LogP) is 4.43. The molecule has 3 rings (SSSR count). The minimum Gasteiger partial charge on any atom is -0.772 e. The number of hydrogen-bond acceptors (Lipinski definition) is 6. The van der Waals surface area contributed by atoms with Crippen molar-refractivity contribution in [1.82, 2.24) is 4.98 Å². The maximum absolute atomic E-state index is 13.1. The van der Waals surface area contributed by atoms with Crippen molar-refractivity contribution in [1.29, 1.82) is 0 Å². The van der Waals surface area contributed by atoms with Crippen LogP contribution in [0, 0.1) is 16.0 Å². The highest BCUT2D eigenvalue weighted by molar-refractivity contribution is 9.10. The van der Waals surface area contributed by atoms with Gasteiger partial charge in [-0.05, 0) is 46.0 Å². The van der Waals surface area contributed by atoms with E-state index in [1.165, 1.54) is 12.1 Å². The van der Waals surface area contributed by atoms with Gasteiger partial charge in [0.15, 0.2) is 0 Å². The van der Waals surface area contributed by atoms with Gasteiger partial charge in [0.2, 0.25) is 5.91 Å². The van der Waals surface area contributed by atoms with Crippen LogP contribution in [0.3, 0.4) is 0 Å². The number of nitrogens with zero attached hydrogens (tertiary/aromatic N) is 2. The van der Waals surface area contributed by atoms with Gasteiger partial charge in [0, 0.05) is 28.1 Å². The van der Waals surface area contributed by atoms with Crippen molar-refractivity contribution in [3.63, 3.8) is 0 Å². The van der Waals surface area contributed by atoms with Gasteiger partial charge in [-0.1, -0.05) is 48.9 Å². The smallest absolute Gasteiger partial charge is 0.273 e. The lowest BCUT2D eigenvalue weighted by molar-refractivity contribution is -0.385. The Balaban J connectivity index is 1.91. The molecule has 2 aromatic rings. The lowest BCUT2D eigenvalue weighted by Crippen LogP contribution is -2.24. The maximum Gasteiger partial charge on any atom is 0.273 e. The van der Waals surface area contributed by atoms with E-state index in [-0.39, 0.29) is 17.2 Å². The van der Waals surface area contributed by atoms with E-state index < -0.39 is 27.7 Å². The van der Waals surface area contributed by atoms with Gasteiger partial charge in [-0.25, -0.2) is 4.98 Å². The second-order valence-corrected chi connectivity index (χ2v) is 9.19. The fourth-order valence-electron chi connectivity index (χ4n) is 3.85. The van der Waals surface area contributed by atoms with Crippen LogP contribution < -0.4 is 5.32 Å². The van der Waals surface area contributed by atoms with E-state index >= 15 is 0 Å². The van der Waals surface area contributed by atoms with Crippen LogP contribution in [0.5, 0.6) is 0 Å². The molecule has 1 aromatic carbocycles. The van der Waals surface area contributed by atoms with Gasteiger partial charge < -0.3 is 9.87 Å². The van der Waals surface area contributed by atoms with Crippen LogP contribution >= 0.6 is 15.9 Å². The molecule has 0 bridgehead atoms. The number of carbonyl (C=O) groups is 1. The van der Waals surface area contributed by atoms with Crippen molar-refractivity contribution < 1.29 is 18.5 Å². The topological polar surface area (TPSA) is 125 Å². The number of rotatable bonds is 8. The first-order valence-corrected chi connectivity index (χ1v) is 11.6. The van der Waals surface area contributed by atoms with Crippen LogP contribution in [-0.4, -0.2) is 24.6 Å². The molecule has 2 unspecified atom stereocenters. The quantitative estimate of drug-likeness (QED) is 0.328. The number of pyridine rings is 1. The highest BCUT2D eigenvalue weighted by Crippen LogP contribution is 2.36. The second kappa shape index (κ2) is 10.2. The molecule has 1 amide bonds. The minimum absolute atomic E-state index is 0.103. The Labute approximate surface area is 185 Å². The fraction of sp³-hybridized carbons (Fsp3) is 0.400. The van der Waals surface area contributed by atoms with Crippen molar-refractivity contribution in [3.8, 4) is 0 Å². The highest BCUT2D eigenvalue weighted by Gasteiger charge is 2.29.